The number of hydrogen-bond donors (Lipinski definition) is 0. The van der Waals surface area contributed by atoms with Crippen molar-refractivity contribution in [3.63, 3.8) is 0 Å². The molecule has 3 heteroatoms. The Balaban J connectivity index is 3.04. The normalized spacial score (nSPS) is 11.8. The molecule has 0 aliphatic heterocycles. The number of nitrogens with zero attached hydrogens (tertiary/aromatic N) is 1. The predicted molar refractivity (Wildman–Crippen MR) is 50.8 cm³/mol. The average Bonchev–Trinajstić information content (AvgIpc) is 2.16. The molecule has 1 rings (SSSR count). The average molecular weight is 194 g/mol. The lowest BCUT2D eigenvalue weighted by Crippen LogP contribution is -2.10. The van der Waals surface area contributed by atoms with Crippen molar-refractivity contribution in [2.24, 2.45) is 0 Å². The highest BCUT2D eigenvalue weighted by atomic mass is 35.5. The number of benzene rings is 1. The minimum atomic E-state index is -0.547. The molecule has 0 amide bonds. The lowest BCUT2D eigenvalue weighted by Gasteiger charge is -2.01. The van der Waals surface area contributed by atoms with E-state index in [2.05, 4.69) is 0 Å². The number of rotatable bonds is 2. The third kappa shape index (κ3) is 2.30. The first kappa shape index (κ1) is 9.76. The second-order valence-electron chi connectivity index (χ2n) is 2.67. The Labute approximate surface area is 81.7 Å². The predicted octanol–water partition coefficient (Wildman–Crippen LogP) is 2.37. The van der Waals surface area contributed by atoms with Gasteiger partial charge in [0.2, 0.25) is 0 Å². The molecule has 1 atom stereocenters. The van der Waals surface area contributed by atoms with Crippen molar-refractivity contribution in [1.29, 1.82) is 5.26 Å². The van der Waals surface area contributed by atoms with Gasteiger partial charge in [0, 0.05) is 5.56 Å². The van der Waals surface area contributed by atoms with Gasteiger partial charge in [0.25, 0.3) is 0 Å². The summed E-state index contributed by atoms with van der Waals surface area (Å²) < 4.78 is 0. The fourth-order valence-corrected chi connectivity index (χ4v) is 1.10. The topological polar surface area (TPSA) is 40.9 Å². The number of hydrogen-bond acceptors (Lipinski definition) is 2. The van der Waals surface area contributed by atoms with Gasteiger partial charge in [-0.25, -0.2) is 0 Å². The molecule has 13 heavy (non-hydrogen) atoms. The van der Waals surface area contributed by atoms with Crippen molar-refractivity contribution in [3.8, 4) is 6.07 Å². The molecule has 0 unspecified atom stereocenters. The third-order valence-electron chi connectivity index (χ3n) is 1.64. The van der Waals surface area contributed by atoms with Gasteiger partial charge in [-0.1, -0.05) is 12.1 Å². The molecule has 0 saturated heterocycles. The molecule has 0 aliphatic rings. The van der Waals surface area contributed by atoms with Crippen molar-refractivity contribution in [2.45, 2.75) is 12.3 Å². The smallest absolute Gasteiger partial charge is 0.180 e. The van der Waals surface area contributed by atoms with Crippen molar-refractivity contribution in [3.05, 3.63) is 35.4 Å². The second kappa shape index (κ2) is 4.06. The first-order chi connectivity index (χ1) is 6.15. The van der Waals surface area contributed by atoms with Crippen LogP contribution in [0.3, 0.4) is 0 Å². The zero-order valence-electron chi connectivity index (χ0n) is 7.12. The summed E-state index contributed by atoms with van der Waals surface area (Å²) >= 11 is 5.63. The van der Waals surface area contributed by atoms with E-state index in [4.69, 9.17) is 16.9 Å². The number of ketones is 1. The van der Waals surface area contributed by atoms with Crippen LogP contribution in [0.25, 0.3) is 0 Å². The summed E-state index contributed by atoms with van der Waals surface area (Å²) in [5.74, 6) is -0.154. The molecule has 0 saturated carbocycles. The van der Waals surface area contributed by atoms with Crippen LogP contribution >= 0.6 is 11.6 Å². The standard InChI is InChI=1S/C10H8ClNO/c1-7(11)10(13)9-4-2-3-8(5-9)6-12/h2-5,7H,1H3/t7-/m0/s1. The van der Waals surface area contributed by atoms with Crippen LogP contribution in [0.5, 0.6) is 0 Å². The van der Waals surface area contributed by atoms with E-state index in [1.165, 1.54) is 0 Å². The lowest BCUT2D eigenvalue weighted by molar-refractivity contribution is 0.0991. The SMILES string of the molecule is C[C@H](Cl)C(=O)c1cccc(C#N)c1. The highest BCUT2D eigenvalue weighted by Gasteiger charge is 2.11. The van der Waals surface area contributed by atoms with Crippen LogP contribution in [-0.4, -0.2) is 11.2 Å². The first-order valence-corrected chi connectivity index (χ1v) is 4.27. The molecule has 66 valence electrons. The molecule has 0 aromatic heterocycles. The summed E-state index contributed by atoms with van der Waals surface area (Å²) in [6, 6.07) is 8.48. The van der Waals surface area contributed by atoms with E-state index in [9.17, 15) is 4.79 Å². The fourth-order valence-electron chi connectivity index (χ4n) is 0.972. The van der Waals surface area contributed by atoms with Crippen molar-refractivity contribution in [1.82, 2.24) is 0 Å². The van der Waals surface area contributed by atoms with E-state index in [-0.39, 0.29) is 5.78 Å². The van der Waals surface area contributed by atoms with Crippen molar-refractivity contribution in [2.75, 3.05) is 0 Å². The molecule has 0 bridgehead atoms. The zero-order valence-corrected chi connectivity index (χ0v) is 7.88. The van der Waals surface area contributed by atoms with E-state index in [0.717, 1.165) is 0 Å². The van der Waals surface area contributed by atoms with Crippen LogP contribution in [0.4, 0.5) is 0 Å². The molecule has 1 aromatic carbocycles. The van der Waals surface area contributed by atoms with Gasteiger partial charge >= 0.3 is 0 Å². The largest absolute Gasteiger partial charge is 0.293 e. The van der Waals surface area contributed by atoms with E-state index in [0.29, 0.717) is 11.1 Å². The van der Waals surface area contributed by atoms with E-state index >= 15 is 0 Å². The lowest BCUT2D eigenvalue weighted by atomic mass is 10.1. The molecule has 0 N–H and O–H groups in total. The number of nitriles is 1. The molecule has 1 aromatic rings. The van der Waals surface area contributed by atoms with Crippen LogP contribution in [0.15, 0.2) is 24.3 Å². The summed E-state index contributed by atoms with van der Waals surface area (Å²) in [4.78, 5) is 11.4. The van der Waals surface area contributed by atoms with Gasteiger partial charge in [-0.05, 0) is 19.1 Å². The minimum absolute atomic E-state index is 0.154. The maximum Gasteiger partial charge on any atom is 0.180 e. The third-order valence-corrected chi connectivity index (χ3v) is 1.84. The van der Waals surface area contributed by atoms with Crippen LogP contribution in [0, 0.1) is 11.3 Å². The van der Waals surface area contributed by atoms with Gasteiger partial charge in [0.05, 0.1) is 17.0 Å². The van der Waals surface area contributed by atoms with E-state index in [1.54, 1.807) is 31.2 Å². The van der Waals surface area contributed by atoms with Crippen LogP contribution < -0.4 is 0 Å². The zero-order chi connectivity index (χ0) is 9.84. The van der Waals surface area contributed by atoms with Crippen molar-refractivity contribution >= 4 is 17.4 Å². The Kier molecular flexibility index (Phi) is 3.05. The van der Waals surface area contributed by atoms with Gasteiger partial charge in [-0.2, -0.15) is 5.26 Å². The van der Waals surface area contributed by atoms with Gasteiger partial charge in [0.1, 0.15) is 0 Å². The second-order valence-corrected chi connectivity index (χ2v) is 3.33. The maximum absolute atomic E-state index is 11.4. The molecule has 0 fully saturated rings. The number of halogens is 1. The van der Waals surface area contributed by atoms with Crippen LogP contribution in [0.1, 0.15) is 22.8 Å². The molecule has 0 heterocycles. The summed E-state index contributed by atoms with van der Waals surface area (Å²) in [5, 5.41) is 8.04. The van der Waals surface area contributed by atoms with E-state index < -0.39 is 5.38 Å². The summed E-state index contributed by atoms with van der Waals surface area (Å²) in [7, 11) is 0. The summed E-state index contributed by atoms with van der Waals surface area (Å²) in [5.41, 5.74) is 0.963. The highest BCUT2D eigenvalue weighted by Crippen LogP contribution is 2.09. The summed E-state index contributed by atoms with van der Waals surface area (Å²) in [6.45, 7) is 1.61. The Morgan fingerprint density at radius 2 is 2.31 bits per heavy atom. The number of alkyl halides is 1. The van der Waals surface area contributed by atoms with Crippen LogP contribution in [-0.2, 0) is 0 Å². The quantitative estimate of drug-likeness (QED) is 0.535. The monoisotopic (exact) mass is 193 g/mol. The number of carbonyl (C=O) groups is 1. The number of carbonyl (C=O) groups excluding carboxylic acids is 1. The van der Waals surface area contributed by atoms with Gasteiger partial charge < -0.3 is 0 Å². The van der Waals surface area contributed by atoms with Gasteiger partial charge in [-0.3, -0.25) is 4.79 Å². The molecule has 0 radical (unpaired) electrons. The fraction of sp³-hybridized carbons (Fsp3) is 0.200. The summed E-state index contributed by atoms with van der Waals surface area (Å²) in [6.07, 6.45) is 0. The molecular formula is C10H8ClNO. The number of Topliss-reactive ketones (excluding diaryl/α,β-unsaturated/α-hetero) is 1. The van der Waals surface area contributed by atoms with Gasteiger partial charge in [-0.15, -0.1) is 11.6 Å². The Morgan fingerprint density at radius 1 is 1.62 bits per heavy atom. The van der Waals surface area contributed by atoms with Gasteiger partial charge in [0.15, 0.2) is 5.78 Å². The minimum Gasteiger partial charge on any atom is -0.293 e. The van der Waals surface area contributed by atoms with E-state index in [1.807, 2.05) is 6.07 Å². The highest BCUT2D eigenvalue weighted by molar-refractivity contribution is 6.33. The van der Waals surface area contributed by atoms with Crippen LogP contribution in [0.2, 0.25) is 0 Å². The first-order valence-electron chi connectivity index (χ1n) is 3.83. The molecule has 0 spiro atoms. The Hall–Kier alpha value is -1.33. The Bertz CT molecular complexity index is 365. The molecule has 0 aliphatic carbocycles. The molecule has 2 nitrogen and oxygen atoms in total. The molecular weight excluding hydrogens is 186 g/mol. The Morgan fingerprint density at radius 3 is 2.85 bits per heavy atom. The van der Waals surface area contributed by atoms with Crippen molar-refractivity contribution < 1.29 is 4.79 Å². The maximum atomic E-state index is 11.4.